The van der Waals surface area contributed by atoms with Crippen LogP contribution in [0.5, 0.6) is 0 Å². The van der Waals surface area contributed by atoms with Gasteiger partial charge in [0.1, 0.15) is 22.8 Å². The maximum Gasteiger partial charge on any atom is 0.353 e. The van der Waals surface area contributed by atoms with Crippen LogP contribution in [0.25, 0.3) is 11.1 Å². The lowest BCUT2D eigenvalue weighted by molar-refractivity contribution is -0.150. The lowest BCUT2D eigenvalue weighted by Crippen LogP contribution is -2.71. The minimum absolute atomic E-state index is 0.0734. The number of carbonyl (C=O) groups excluding carboxylic acids is 2. The summed E-state index contributed by atoms with van der Waals surface area (Å²) in [6.07, 6.45) is 0. The molecule has 2 aliphatic rings. The molecule has 0 saturated carbocycles. The SMILES string of the molecule is Nc1nc(/C(=N\O)C(=O)N[C@@H]2C(=O)N3C(C(=O)O)=C(Sc4ccccc4-c4ccccc4)CS[C@H]23)cs1. The van der Waals surface area contributed by atoms with Crippen molar-refractivity contribution in [3.8, 4) is 11.1 Å². The average molecular weight is 554 g/mol. The van der Waals surface area contributed by atoms with E-state index in [0.29, 0.717) is 10.7 Å². The van der Waals surface area contributed by atoms with E-state index in [2.05, 4.69) is 15.5 Å². The van der Waals surface area contributed by atoms with E-state index in [-0.39, 0.29) is 22.2 Å². The van der Waals surface area contributed by atoms with Crippen molar-refractivity contribution in [2.75, 3.05) is 11.5 Å². The Labute approximate surface area is 223 Å². The number of nitrogens with two attached hydrogens (primary N) is 1. The molecular weight excluding hydrogens is 534 g/mol. The number of oxime groups is 1. The normalized spacial score (nSPS) is 19.3. The van der Waals surface area contributed by atoms with E-state index in [9.17, 15) is 24.7 Å². The lowest BCUT2D eigenvalue weighted by Gasteiger charge is -2.49. The average Bonchev–Trinajstić information content (AvgIpc) is 3.33. The number of anilines is 1. The van der Waals surface area contributed by atoms with Gasteiger partial charge in [0, 0.05) is 20.9 Å². The summed E-state index contributed by atoms with van der Waals surface area (Å²) in [5.74, 6) is -2.27. The molecule has 0 spiro atoms. The first kappa shape index (κ1) is 24.9. The van der Waals surface area contributed by atoms with Crippen LogP contribution < -0.4 is 11.1 Å². The van der Waals surface area contributed by atoms with Crippen LogP contribution in [0, 0.1) is 0 Å². The summed E-state index contributed by atoms with van der Waals surface area (Å²) in [5.41, 5.74) is 7.12. The van der Waals surface area contributed by atoms with E-state index in [4.69, 9.17) is 5.73 Å². The number of carboxylic acid groups (broad SMARTS) is 1. The number of hydrogen-bond acceptors (Lipinski definition) is 10. The number of nitrogen functional groups attached to an aromatic ring is 1. The summed E-state index contributed by atoms with van der Waals surface area (Å²) in [4.78, 5) is 44.6. The van der Waals surface area contributed by atoms with Crippen molar-refractivity contribution in [1.29, 1.82) is 0 Å². The Morgan fingerprint density at radius 1 is 1.16 bits per heavy atom. The van der Waals surface area contributed by atoms with Crippen LogP contribution in [0.4, 0.5) is 5.13 Å². The fourth-order valence-corrected chi connectivity index (χ4v) is 7.20. The Bertz CT molecular complexity index is 1460. The largest absolute Gasteiger partial charge is 0.477 e. The van der Waals surface area contributed by atoms with Crippen LogP contribution in [0.2, 0.25) is 0 Å². The molecule has 188 valence electrons. The quantitative estimate of drug-likeness (QED) is 0.149. The van der Waals surface area contributed by atoms with Crippen molar-refractivity contribution in [2.45, 2.75) is 16.3 Å². The minimum atomic E-state index is -1.22. The lowest BCUT2D eigenvalue weighted by atomic mass is 10.0. The molecule has 0 aliphatic carbocycles. The molecule has 2 aliphatic heterocycles. The predicted octanol–water partition coefficient (Wildman–Crippen LogP) is 3.06. The van der Waals surface area contributed by atoms with E-state index in [1.165, 1.54) is 33.8 Å². The Balaban J connectivity index is 1.38. The molecular formula is C24H19N5O5S3. The summed E-state index contributed by atoms with van der Waals surface area (Å²) in [6.45, 7) is 0. The highest BCUT2D eigenvalue weighted by Gasteiger charge is 2.54. The van der Waals surface area contributed by atoms with Gasteiger partial charge in [0.05, 0.1) is 0 Å². The highest BCUT2D eigenvalue weighted by atomic mass is 32.2. The molecule has 0 radical (unpaired) electrons. The maximum atomic E-state index is 13.0. The molecule has 1 saturated heterocycles. The van der Waals surface area contributed by atoms with E-state index in [1.54, 1.807) is 0 Å². The van der Waals surface area contributed by atoms with Crippen LogP contribution in [0.15, 0.2) is 80.6 Å². The van der Waals surface area contributed by atoms with Crippen molar-refractivity contribution < 1.29 is 24.7 Å². The predicted molar refractivity (Wildman–Crippen MR) is 142 cm³/mol. The Hall–Kier alpha value is -3.81. The summed E-state index contributed by atoms with van der Waals surface area (Å²) in [6, 6.07) is 16.4. The van der Waals surface area contributed by atoms with Crippen molar-refractivity contribution in [1.82, 2.24) is 15.2 Å². The van der Waals surface area contributed by atoms with Crippen molar-refractivity contribution >= 4 is 63.5 Å². The zero-order chi connectivity index (χ0) is 26.1. The van der Waals surface area contributed by atoms with Crippen LogP contribution in [0.1, 0.15) is 5.69 Å². The van der Waals surface area contributed by atoms with Crippen molar-refractivity contribution in [2.24, 2.45) is 5.16 Å². The van der Waals surface area contributed by atoms with Gasteiger partial charge in [-0.05, 0) is 17.2 Å². The number of rotatable bonds is 7. The van der Waals surface area contributed by atoms with Crippen LogP contribution in [-0.2, 0) is 14.4 Å². The van der Waals surface area contributed by atoms with Gasteiger partial charge in [0.15, 0.2) is 10.8 Å². The first-order valence-electron chi connectivity index (χ1n) is 10.9. The molecule has 3 heterocycles. The summed E-state index contributed by atoms with van der Waals surface area (Å²) in [5, 5.41) is 25.9. The number of hydrogen-bond donors (Lipinski definition) is 4. The molecule has 2 atom stereocenters. The van der Waals surface area contributed by atoms with Gasteiger partial charge < -0.3 is 21.4 Å². The van der Waals surface area contributed by atoms with Gasteiger partial charge in [-0.3, -0.25) is 14.5 Å². The van der Waals surface area contributed by atoms with Gasteiger partial charge in [0.25, 0.3) is 11.8 Å². The molecule has 10 nitrogen and oxygen atoms in total. The molecule has 1 aromatic heterocycles. The standard InChI is InChI=1S/C24H19N5O5S3/c25-24-26-14(10-36-24)17(28-34)20(30)27-18-21(31)29-19(23(32)33)16(11-35-22(18)29)37-15-9-5-4-8-13(15)12-6-2-1-3-7-12/h1-10,18,22,34H,11H2,(H2,25,26)(H,27,30)(H,32,33)/b28-17+/t18-,22-/m1/s1. The number of benzene rings is 2. The molecule has 2 aromatic carbocycles. The fourth-order valence-electron chi connectivity index (χ4n) is 4.03. The zero-order valence-electron chi connectivity index (χ0n) is 18.9. The number of thiazole rings is 1. The highest BCUT2D eigenvalue weighted by molar-refractivity contribution is 8.06. The number of nitrogens with one attached hydrogen (secondary N) is 1. The molecule has 37 heavy (non-hydrogen) atoms. The zero-order valence-corrected chi connectivity index (χ0v) is 21.3. The van der Waals surface area contributed by atoms with E-state index < -0.39 is 29.2 Å². The second-order valence-corrected chi connectivity index (χ2v) is 11.1. The number of amides is 2. The van der Waals surface area contributed by atoms with E-state index >= 15 is 0 Å². The number of fused-ring (bicyclic) bond motifs is 1. The summed E-state index contributed by atoms with van der Waals surface area (Å²) in [7, 11) is 0. The molecule has 0 unspecified atom stereocenters. The number of carboxylic acids is 1. The van der Waals surface area contributed by atoms with Gasteiger partial charge >= 0.3 is 5.97 Å². The van der Waals surface area contributed by atoms with E-state index in [0.717, 1.165) is 27.4 Å². The van der Waals surface area contributed by atoms with Gasteiger partial charge in [-0.1, -0.05) is 65.4 Å². The van der Waals surface area contributed by atoms with Gasteiger partial charge in [-0.15, -0.1) is 23.1 Å². The first-order chi connectivity index (χ1) is 17.9. The number of aromatic nitrogens is 1. The third kappa shape index (κ3) is 4.68. The monoisotopic (exact) mass is 553 g/mol. The fraction of sp³-hybridized carbons (Fsp3) is 0.125. The van der Waals surface area contributed by atoms with Crippen LogP contribution >= 0.6 is 34.9 Å². The van der Waals surface area contributed by atoms with Gasteiger partial charge in [-0.2, -0.15) is 0 Å². The molecule has 3 aromatic rings. The third-order valence-corrected chi connectivity index (χ3v) is 9.00. The third-order valence-electron chi connectivity index (χ3n) is 5.71. The number of carbonyl (C=O) groups is 3. The Morgan fingerprint density at radius 3 is 2.57 bits per heavy atom. The number of thioether (sulfide) groups is 2. The maximum absolute atomic E-state index is 13.0. The van der Waals surface area contributed by atoms with Crippen molar-refractivity contribution in [3.63, 3.8) is 0 Å². The number of nitrogens with zero attached hydrogens (tertiary/aromatic N) is 3. The molecule has 2 amide bonds. The Morgan fingerprint density at radius 2 is 1.89 bits per heavy atom. The number of aliphatic carboxylic acids is 1. The van der Waals surface area contributed by atoms with E-state index in [1.807, 2.05) is 54.6 Å². The molecule has 0 bridgehead atoms. The highest BCUT2D eigenvalue weighted by Crippen LogP contribution is 2.46. The molecule has 5 rings (SSSR count). The topological polar surface area (TPSA) is 158 Å². The number of β-lactam (4-membered cyclic amide) rings is 1. The molecule has 5 N–H and O–H groups in total. The smallest absolute Gasteiger partial charge is 0.353 e. The second kappa shape index (κ2) is 10.3. The summed E-state index contributed by atoms with van der Waals surface area (Å²) >= 11 is 3.73. The first-order valence-corrected chi connectivity index (χ1v) is 13.6. The van der Waals surface area contributed by atoms with Crippen LogP contribution in [0.3, 0.4) is 0 Å². The van der Waals surface area contributed by atoms with Gasteiger partial charge in [0.2, 0.25) is 0 Å². The molecule has 1 fully saturated rings. The summed E-state index contributed by atoms with van der Waals surface area (Å²) < 4.78 is 0. The minimum Gasteiger partial charge on any atom is -0.477 e. The second-order valence-electron chi connectivity index (χ2n) is 7.92. The van der Waals surface area contributed by atoms with Crippen molar-refractivity contribution in [3.05, 3.63) is 76.3 Å². The Kier molecular flexibility index (Phi) is 6.91. The van der Waals surface area contributed by atoms with Gasteiger partial charge in [-0.25, -0.2) is 9.78 Å². The van der Waals surface area contributed by atoms with Crippen LogP contribution in [-0.4, -0.2) is 60.9 Å². The molecule has 13 heteroatoms.